The number of hydrogen-bond donors (Lipinski definition) is 0. The highest BCUT2D eigenvalue weighted by atomic mass is 14.3. The predicted molar refractivity (Wildman–Crippen MR) is 57.6 cm³/mol. The maximum absolute atomic E-state index is 2.52. The molecule has 0 nitrogen and oxygen atoms in total. The highest BCUT2D eigenvalue weighted by Gasteiger charge is 2.23. The molecule has 0 aliphatic heterocycles. The molecule has 2 atom stereocenters. The molecule has 74 valence electrons. The summed E-state index contributed by atoms with van der Waals surface area (Å²) in [4.78, 5) is 0. The third kappa shape index (κ3) is 2.36. The molecule has 0 aromatic heterocycles. The lowest BCUT2D eigenvalue weighted by molar-refractivity contribution is 0.259. The van der Waals surface area contributed by atoms with Crippen molar-refractivity contribution in [3.8, 4) is 0 Å². The van der Waals surface area contributed by atoms with Gasteiger partial charge in [0.1, 0.15) is 0 Å². The molecule has 0 saturated heterocycles. The lowest BCUT2D eigenvalue weighted by Crippen LogP contribution is -2.19. The Labute approximate surface area is 82.4 Å². The molecule has 0 amide bonds. The first-order valence-corrected chi connectivity index (χ1v) is 6.04. The van der Waals surface area contributed by atoms with E-state index in [1.807, 2.05) is 0 Å². The third-order valence-corrected chi connectivity index (χ3v) is 3.90. The largest absolute Gasteiger partial charge is 0.0854 e. The van der Waals surface area contributed by atoms with Gasteiger partial charge < -0.3 is 0 Å². The van der Waals surface area contributed by atoms with Crippen molar-refractivity contribution < 1.29 is 0 Å². The summed E-state index contributed by atoms with van der Waals surface area (Å²) in [6.07, 6.45) is 15.3. The summed E-state index contributed by atoms with van der Waals surface area (Å²) >= 11 is 0. The quantitative estimate of drug-likeness (QED) is 0.529. The van der Waals surface area contributed by atoms with Gasteiger partial charge in [-0.15, -0.1) is 0 Å². The van der Waals surface area contributed by atoms with Gasteiger partial charge in [-0.3, -0.25) is 0 Å². The fourth-order valence-corrected chi connectivity index (χ4v) is 2.94. The van der Waals surface area contributed by atoms with E-state index in [1.54, 1.807) is 0 Å². The first kappa shape index (κ1) is 9.30. The van der Waals surface area contributed by atoms with E-state index in [9.17, 15) is 0 Å². The molecule has 0 N–H and O–H groups in total. The maximum Gasteiger partial charge on any atom is -0.0205 e. The van der Waals surface area contributed by atoms with Crippen molar-refractivity contribution in [2.24, 2.45) is 17.8 Å². The summed E-state index contributed by atoms with van der Waals surface area (Å²) < 4.78 is 0. The van der Waals surface area contributed by atoms with Crippen LogP contribution in [0.15, 0.2) is 12.2 Å². The lowest BCUT2D eigenvalue weighted by Gasteiger charge is -2.31. The molecule has 2 aliphatic rings. The Morgan fingerprint density at radius 2 is 1.62 bits per heavy atom. The first-order valence-electron chi connectivity index (χ1n) is 6.04. The summed E-state index contributed by atoms with van der Waals surface area (Å²) in [6.45, 7) is 2.34. The maximum atomic E-state index is 2.52. The minimum Gasteiger partial charge on any atom is -0.0854 e. The molecule has 1 saturated carbocycles. The van der Waals surface area contributed by atoms with Gasteiger partial charge in [0.15, 0.2) is 0 Å². The number of hydrogen-bond acceptors (Lipinski definition) is 0. The Hall–Kier alpha value is -0.260. The third-order valence-electron chi connectivity index (χ3n) is 3.90. The summed E-state index contributed by atoms with van der Waals surface area (Å²) in [7, 11) is 0. The van der Waals surface area contributed by atoms with Crippen LogP contribution in [0.4, 0.5) is 0 Å². The minimum absolute atomic E-state index is 0.847. The van der Waals surface area contributed by atoms with E-state index in [0.717, 1.165) is 17.8 Å². The summed E-state index contributed by atoms with van der Waals surface area (Å²) in [5.74, 6) is 2.83. The Bertz CT molecular complexity index is 174. The zero-order chi connectivity index (χ0) is 9.10. The van der Waals surface area contributed by atoms with E-state index >= 15 is 0 Å². The molecule has 0 heterocycles. The fraction of sp³-hybridized carbons (Fsp3) is 0.846. The highest BCUT2D eigenvalue weighted by Crippen LogP contribution is 2.36. The van der Waals surface area contributed by atoms with Crippen LogP contribution in [0.2, 0.25) is 0 Å². The second-order valence-corrected chi connectivity index (χ2v) is 5.00. The standard InChI is InChI=1S/C13H22/c1-11-7-9-13(10-8-11)12-5-3-2-4-6-12/h7,9,11-13H,2-6,8,10H2,1H3. The minimum atomic E-state index is 0.847. The smallest absolute Gasteiger partial charge is 0.0205 e. The summed E-state index contributed by atoms with van der Waals surface area (Å²) in [6, 6.07) is 0. The van der Waals surface area contributed by atoms with Gasteiger partial charge in [-0.05, 0) is 43.4 Å². The van der Waals surface area contributed by atoms with Crippen LogP contribution in [0.1, 0.15) is 51.9 Å². The summed E-state index contributed by atoms with van der Waals surface area (Å²) in [5, 5.41) is 0. The number of allylic oxidation sites excluding steroid dienone is 2. The van der Waals surface area contributed by atoms with Crippen molar-refractivity contribution in [1.82, 2.24) is 0 Å². The lowest BCUT2D eigenvalue weighted by atomic mass is 9.75. The van der Waals surface area contributed by atoms with Crippen LogP contribution in [0.25, 0.3) is 0 Å². The van der Waals surface area contributed by atoms with Gasteiger partial charge in [0.25, 0.3) is 0 Å². The first-order chi connectivity index (χ1) is 6.36. The molecular formula is C13H22. The molecule has 0 aromatic carbocycles. The van der Waals surface area contributed by atoms with E-state index < -0.39 is 0 Å². The van der Waals surface area contributed by atoms with Crippen LogP contribution in [0, 0.1) is 17.8 Å². The van der Waals surface area contributed by atoms with Crippen LogP contribution in [0.3, 0.4) is 0 Å². The zero-order valence-electron chi connectivity index (χ0n) is 8.84. The van der Waals surface area contributed by atoms with Crippen LogP contribution in [-0.4, -0.2) is 0 Å². The molecule has 1 fully saturated rings. The summed E-state index contributed by atoms with van der Waals surface area (Å²) in [5.41, 5.74) is 0. The van der Waals surface area contributed by atoms with Gasteiger partial charge in [0.2, 0.25) is 0 Å². The van der Waals surface area contributed by atoms with E-state index in [-0.39, 0.29) is 0 Å². The second-order valence-electron chi connectivity index (χ2n) is 5.00. The fourth-order valence-electron chi connectivity index (χ4n) is 2.94. The van der Waals surface area contributed by atoms with Gasteiger partial charge in [0.05, 0.1) is 0 Å². The Balaban J connectivity index is 1.89. The van der Waals surface area contributed by atoms with Crippen LogP contribution >= 0.6 is 0 Å². The van der Waals surface area contributed by atoms with Crippen LogP contribution in [0.5, 0.6) is 0 Å². The Kier molecular flexibility index (Phi) is 3.08. The van der Waals surface area contributed by atoms with E-state index in [1.165, 1.54) is 44.9 Å². The van der Waals surface area contributed by atoms with Crippen molar-refractivity contribution in [2.75, 3.05) is 0 Å². The molecular weight excluding hydrogens is 156 g/mol. The highest BCUT2D eigenvalue weighted by molar-refractivity contribution is 4.99. The van der Waals surface area contributed by atoms with Gasteiger partial charge in [0, 0.05) is 0 Å². The molecule has 2 unspecified atom stereocenters. The average molecular weight is 178 g/mol. The van der Waals surface area contributed by atoms with Crippen molar-refractivity contribution in [2.45, 2.75) is 51.9 Å². The van der Waals surface area contributed by atoms with Gasteiger partial charge in [-0.25, -0.2) is 0 Å². The molecule has 0 spiro atoms. The Morgan fingerprint density at radius 1 is 0.846 bits per heavy atom. The van der Waals surface area contributed by atoms with Crippen molar-refractivity contribution in [3.05, 3.63) is 12.2 Å². The monoisotopic (exact) mass is 178 g/mol. The molecule has 2 rings (SSSR count). The van der Waals surface area contributed by atoms with E-state index in [2.05, 4.69) is 19.1 Å². The predicted octanol–water partition coefficient (Wildman–Crippen LogP) is 4.17. The molecule has 13 heavy (non-hydrogen) atoms. The molecule has 0 aromatic rings. The average Bonchev–Trinajstić information content (AvgIpc) is 2.20. The van der Waals surface area contributed by atoms with Crippen LogP contribution < -0.4 is 0 Å². The topological polar surface area (TPSA) is 0 Å². The van der Waals surface area contributed by atoms with E-state index in [4.69, 9.17) is 0 Å². The molecule has 2 aliphatic carbocycles. The zero-order valence-corrected chi connectivity index (χ0v) is 8.84. The second kappa shape index (κ2) is 4.30. The SMILES string of the molecule is CC1C=CC(C2CCCCC2)CC1. The van der Waals surface area contributed by atoms with E-state index in [0.29, 0.717) is 0 Å². The Morgan fingerprint density at radius 3 is 2.23 bits per heavy atom. The van der Waals surface area contributed by atoms with Gasteiger partial charge in [-0.1, -0.05) is 38.3 Å². The molecule has 0 heteroatoms. The van der Waals surface area contributed by atoms with Gasteiger partial charge >= 0.3 is 0 Å². The molecule has 0 bridgehead atoms. The number of rotatable bonds is 1. The normalized spacial score (nSPS) is 36.4. The van der Waals surface area contributed by atoms with Crippen molar-refractivity contribution in [3.63, 3.8) is 0 Å². The van der Waals surface area contributed by atoms with Crippen molar-refractivity contribution >= 4 is 0 Å². The van der Waals surface area contributed by atoms with Crippen molar-refractivity contribution in [1.29, 1.82) is 0 Å². The van der Waals surface area contributed by atoms with Crippen LogP contribution in [-0.2, 0) is 0 Å². The van der Waals surface area contributed by atoms with Gasteiger partial charge in [-0.2, -0.15) is 0 Å². The molecule has 0 radical (unpaired) electrons.